The molecule has 0 bridgehead atoms. The normalized spacial score (nSPS) is 13.7. The third-order valence-electron chi connectivity index (χ3n) is 6.16. The van der Waals surface area contributed by atoms with Gasteiger partial charge in [-0.3, -0.25) is 0 Å². The van der Waals surface area contributed by atoms with Crippen molar-refractivity contribution in [3.05, 3.63) is 85.8 Å². The molecule has 2 heterocycles. The fourth-order valence-corrected chi connectivity index (χ4v) is 5.73. The van der Waals surface area contributed by atoms with Crippen LogP contribution in [0.3, 0.4) is 0 Å². The molecule has 2 aliphatic rings. The van der Waals surface area contributed by atoms with Gasteiger partial charge < -0.3 is 0 Å². The number of hydrogen-bond donors (Lipinski definition) is 0. The summed E-state index contributed by atoms with van der Waals surface area (Å²) < 4.78 is 2.07. The monoisotopic (exact) mass is 525 g/mol. The van der Waals surface area contributed by atoms with Gasteiger partial charge in [0, 0.05) is 25.5 Å². The SMILES string of the molecule is Brc1ccc2c3c(c4nc5ccc6c(c5nc4c2c1)-c1c(Br)cccc1N=6)CC=CC=3. The van der Waals surface area contributed by atoms with Crippen LogP contribution in [0.5, 0.6) is 0 Å². The summed E-state index contributed by atoms with van der Waals surface area (Å²) in [6, 6.07) is 16.7. The lowest BCUT2D eigenvalue weighted by Gasteiger charge is -2.14. The zero-order valence-corrected chi connectivity index (χ0v) is 19.3. The quantitative estimate of drug-likeness (QED) is 0.172. The molecule has 0 N–H and O–H groups in total. The Bertz CT molecular complexity index is 1790. The molecule has 31 heavy (non-hydrogen) atoms. The van der Waals surface area contributed by atoms with E-state index in [-0.39, 0.29) is 0 Å². The van der Waals surface area contributed by atoms with Crippen LogP contribution < -0.4 is 10.6 Å². The van der Waals surface area contributed by atoms with Crippen LogP contribution in [0.4, 0.5) is 5.69 Å². The van der Waals surface area contributed by atoms with Crippen molar-refractivity contribution >= 4 is 76.5 Å². The van der Waals surface area contributed by atoms with Crippen molar-refractivity contribution in [3.63, 3.8) is 0 Å². The molecule has 5 heteroatoms. The van der Waals surface area contributed by atoms with Gasteiger partial charge in [-0.25, -0.2) is 15.0 Å². The lowest BCUT2D eigenvalue weighted by Crippen LogP contribution is -2.15. The topological polar surface area (TPSA) is 38.1 Å². The molecule has 146 valence electrons. The van der Waals surface area contributed by atoms with E-state index in [9.17, 15) is 0 Å². The molecule has 7 rings (SSSR count). The predicted octanol–water partition coefficient (Wildman–Crippen LogP) is 6.29. The van der Waals surface area contributed by atoms with Gasteiger partial charge in [0.1, 0.15) is 0 Å². The Hall–Kier alpha value is -2.89. The molecule has 0 saturated heterocycles. The minimum atomic E-state index is 0.864. The summed E-state index contributed by atoms with van der Waals surface area (Å²) in [5.41, 5.74) is 8.09. The largest absolute Gasteiger partial charge is 0.248 e. The standard InChI is InChI=1S/C26H13Br2N3/c27-13-8-9-15-14-4-1-2-5-16(14)24-25(17(15)12-13)31-26-21(30-24)11-10-20-23(26)22-18(28)6-3-7-19(22)29-20/h1-4,6-12H,5H2. The highest BCUT2D eigenvalue weighted by atomic mass is 79.9. The summed E-state index contributed by atoms with van der Waals surface area (Å²) >= 11 is 7.38. The van der Waals surface area contributed by atoms with Crippen molar-refractivity contribution in [2.45, 2.75) is 6.42 Å². The van der Waals surface area contributed by atoms with E-state index >= 15 is 0 Å². The highest BCUT2D eigenvalue weighted by molar-refractivity contribution is 9.10. The van der Waals surface area contributed by atoms with Crippen LogP contribution in [0.25, 0.3) is 50.0 Å². The molecule has 0 saturated carbocycles. The van der Waals surface area contributed by atoms with E-state index in [1.807, 2.05) is 18.2 Å². The first-order chi connectivity index (χ1) is 15.2. The Morgan fingerprint density at radius 2 is 1.74 bits per heavy atom. The lowest BCUT2D eigenvalue weighted by molar-refractivity contribution is 1.23. The zero-order valence-electron chi connectivity index (χ0n) is 16.2. The molecule has 5 aromatic rings. The summed E-state index contributed by atoms with van der Waals surface area (Å²) in [5, 5.41) is 4.52. The van der Waals surface area contributed by atoms with Gasteiger partial charge in [-0.15, -0.1) is 0 Å². The highest BCUT2D eigenvalue weighted by Gasteiger charge is 2.22. The number of benzene rings is 4. The smallest absolute Gasteiger partial charge is 0.0996 e. The van der Waals surface area contributed by atoms with E-state index in [0.717, 1.165) is 65.0 Å². The average molecular weight is 527 g/mol. The van der Waals surface area contributed by atoms with Crippen molar-refractivity contribution in [1.82, 2.24) is 9.97 Å². The maximum atomic E-state index is 5.26. The molecule has 1 aliphatic carbocycles. The maximum absolute atomic E-state index is 5.26. The number of fused-ring (bicyclic) bond motifs is 11. The van der Waals surface area contributed by atoms with Gasteiger partial charge in [0.15, 0.2) is 0 Å². The highest BCUT2D eigenvalue weighted by Crippen LogP contribution is 2.41. The summed E-state index contributed by atoms with van der Waals surface area (Å²) in [5.74, 6) is 0. The van der Waals surface area contributed by atoms with Crippen LogP contribution in [0.15, 0.2) is 74.6 Å². The Labute approximate surface area is 194 Å². The van der Waals surface area contributed by atoms with Gasteiger partial charge in [-0.1, -0.05) is 62.2 Å². The fourth-order valence-electron chi connectivity index (χ4n) is 4.82. The van der Waals surface area contributed by atoms with E-state index in [1.165, 1.54) is 16.2 Å². The summed E-state index contributed by atoms with van der Waals surface area (Å²) in [7, 11) is 0. The Kier molecular flexibility index (Phi) is 3.62. The first kappa shape index (κ1) is 17.8. The van der Waals surface area contributed by atoms with Crippen molar-refractivity contribution < 1.29 is 0 Å². The molecule has 0 atom stereocenters. The van der Waals surface area contributed by atoms with Crippen molar-refractivity contribution in [2.24, 2.45) is 4.99 Å². The molecular formula is C26H13Br2N3. The van der Waals surface area contributed by atoms with Crippen molar-refractivity contribution in [1.29, 1.82) is 0 Å². The Balaban J connectivity index is 1.72. The molecule has 0 radical (unpaired) electrons. The molecule has 1 aromatic heterocycles. The van der Waals surface area contributed by atoms with Gasteiger partial charge >= 0.3 is 0 Å². The van der Waals surface area contributed by atoms with E-state index in [2.05, 4.69) is 80.4 Å². The molecule has 0 fully saturated rings. The van der Waals surface area contributed by atoms with Gasteiger partial charge in [-0.05, 0) is 59.0 Å². The number of allylic oxidation sites excluding steroid dienone is 2. The van der Waals surface area contributed by atoms with E-state index < -0.39 is 0 Å². The number of nitrogens with zero attached hydrogens (tertiary/aromatic N) is 3. The molecule has 0 amide bonds. The molecular weight excluding hydrogens is 514 g/mol. The average Bonchev–Trinajstić information content (AvgIpc) is 3.18. The van der Waals surface area contributed by atoms with Crippen LogP contribution in [0.1, 0.15) is 5.56 Å². The number of aromatic nitrogens is 2. The maximum Gasteiger partial charge on any atom is 0.0996 e. The van der Waals surface area contributed by atoms with Gasteiger partial charge in [0.2, 0.25) is 0 Å². The Morgan fingerprint density at radius 3 is 2.68 bits per heavy atom. The number of hydrogen-bond acceptors (Lipinski definition) is 3. The molecule has 1 aliphatic heterocycles. The van der Waals surface area contributed by atoms with Crippen LogP contribution in [-0.4, -0.2) is 9.97 Å². The van der Waals surface area contributed by atoms with E-state index in [4.69, 9.17) is 15.0 Å². The number of rotatable bonds is 0. The third kappa shape index (κ3) is 2.42. The fraction of sp³-hybridized carbons (Fsp3) is 0.0385. The van der Waals surface area contributed by atoms with Crippen LogP contribution in [0.2, 0.25) is 0 Å². The van der Waals surface area contributed by atoms with Crippen LogP contribution >= 0.6 is 31.9 Å². The molecule has 0 unspecified atom stereocenters. The van der Waals surface area contributed by atoms with Crippen LogP contribution in [0, 0.1) is 0 Å². The molecule has 0 spiro atoms. The minimum absolute atomic E-state index is 0.864. The van der Waals surface area contributed by atoms with Crippen molar-refractivity contribution in [2.75, 3.05) is 0 Å². The van der Waals surface area contributed by atoms with E-state index in [1.54, 1.807) is 0 Å². The molecule has 4 aromatic carbocycles. The van der Waals surface area contributed by atoms with Gasteiger partial charge in [-0.2, -0.15) is 0 Å². The first-order valence-electron chi connectivity index (χ1n) is 10.1. The summed E-state index contributed by atoms with van der Waals surface area (Å²) in [6.45, 7) is 0. The van der Waals surface area contributed by atoms with Crippen LogP contribution in [-0.2, 0) is 6.42 Å². The molecule has 3 nitrogen and oxygen atoms in total. The minimum Gasteiger partial charge on any atom is -0.248 e. The lowest BCUT2D eigenvalue weighted by atomic mass is 9.95. The van der Waals surface area contributed by atoms with Gasteiger partial charge in [0.25, 0.3) is 0 Å². The Morgan fingerprint density at radius 1 is 0.806 bits per heavy atom. The van der Waals surface area contributed by atoms with E-state index in [0.29, 0.717) is 0 Å². The number of halogens is 2. The third-order valence-corrected chi connectivity index (χ3v) is 7.31. The summed E-state index contributed by atoms with van der Waals surface area (Å²) in [6.07, 6.45) is 7.37. The first-order valence-corrected chi connectivity index (χ1v) is 11.7. The van der Waals surface area contributed by atoms with Crippen molar-refractivity contribution in [3.8, 4) is 11.1 Å². The second-order valence-corrected chi connectivity index (χ2v) is 9.65. The van der Waals surface area contributed by atoms with Gasteiger partial charge in [0.05, 0.1) is 33.1 Å². The second-order valence-electron chi connectivity index (χ2n) is 7.88. The zero-order chi connectivity index (χ0) is 20.7. The predicted molar refractivity (Wildman–Crippen MR) is 133 cm³/mol. The second kappa shape index (κ2) is 6.31. The summed E-state index contributed by atoms with van der Waals surface area (Å²) in [4.78, 5) is 15.3.